The molecule has 5 nitrogen and oxygen atoms in total. The van der Waals surface area contributed by atoms with Gasteiger partial charge in [-0.05, 0) is 45.6 Å². The van der Waals surface area contributed by atoms with Crippen LogP contribution in [0.25, 0.3) is 11.5 Å². The van der Waals surface area contributed by atoms with Gasteiger partial charge in [0, 0.05) is 24.5 Å². The summed E-state index contributed by atoms with van der Waals surface area (Å²) in [5.74, 6) is 1.68. The number of hydrogen-bond acceptors (Lipinski definition) is 3. The van der Waals surface area contributed by atoms with E-state index in [9.17, 15) is 0 Å². The van der Waals surface area contributed by atoms with Crippen LogP contribution < -0.4 is 5.73 Å². The average Bonchev–Trinajstić information content (AvgIpc) is 3.15. The van der Waals surface area contributed by atoms with Gasteiger partial charge in [0.05, 0.1) is 12.5 Å². The van der Waals surface area contributed by atoms with Gasteiger partial charge in [-0.25, -0.2) is 9.97 Å². The fraction of sp³-hybridized carbons (Fsp3) is 0.625. The van der Waals surface area contributed by atoms with E-state index < -0.39 is 0 Å². The summed E-state index contributed by atoms with van der Waals surface area (Å²) >= 11 is 0. The van der Waals surface area contributed by atoms with Crippen LogP contribution in [0.4, 0.5) is 0 Å². The average molecular weight is 360 g/mol. The van der Waals surface area contributed by atoms with E-state index in [2.05, 4.69) is 39.1 Å². The number of aromatic nitrogens is 4. The van der Waals surface area contributed by atoms with E-state index >= 15 is 0 Å². The summed E-state index contributed by atoms with van der Waals surface area (Å²) in [6.45, 7) is 5.14. The maximum atomic E-state index is 5.88. The first kappa shape index (κ1) is 20.0. The zero-order valence-corrected chi connectivity index (χ0v) is 15.4. The molecule has 2 N–H and O–H groups in total. The molecule has 2 atom stereocenters. The lowest BCUT2D eigenvalue weighted by Gasteiger charge is -2.30. The third-order valence-corrected chi connectivity index (χ3v) is 4.60. The molecule has 0 amide bonds. The molecule has 1 fully saturated rings. The molecule has 0 aromatic carbocycles. The summed E-state index contributed by atoms with van der Waals surface area (Å²) in [5, 5.41) is 0. The van der Waals surface area contributed by atoms with Crippen molar-refractivity contribution in [3.05, 3.63) is 24.9 Å². The van der Waals surface area contributed by atoms with E-state index in [0.29, 0.717) is 18.0 Å². The standard InChI is InChI=1S/C16H25N5.2ClH/c1-12(2)21-11-18-10-15(21)16-19-6-7-20(16)14-5-3-4-13(8-14)9-17;;/h6-7,10-14H,3-5,8-9,17H2,1-2H3;2*1H/t13-,14+;;/m0../s1. The second-order valence-corrected chi connectivity index (χ2v) is 6.36. The zero-order valence-electron chi connectivity index (χ0n) is 13.8. The van der Waals surface area contributed by atoms with E-state index in [0.717, 1.165) is 24.5 Å². The molecule has 1 saturated carbocycles. The summed E-state index contributed by atoms with van der Waals surface area (Å²) in [7, 11) is 0. The normalized spacial score (nSPS) is 20.9. The predicted octanol–water partition coefficient (Wildman–Crippen LogP) is 3.86. The van der Waals surface area contributed by atoms with Crippen molar-refractivity contribution in [3.8, 4) is 11.5 Å². The van der Waals surface area contributed by atoms with E-state index in [-0.39, 0.29) is 24.8 Å². The molecule has 3 rings (SSSR count). The quantitative estimate of drug-likeness (QED) is 0.901. The second kappa shape index (κ2) is 8.71. The van der Waals surface area contributed by atoms with Crippen molar-refractivity contribution in [1.29, 1.82) is 0 Å². The van der Waals surface area contributed by atoms with Crippen molar-refractivity contribution in [1.82, 2.24) is 19.1 Å². The van der Waals surface area contributed by atoms with E-state index in [4.69, 9.17) is 5.73 Å². The van der Waals surface area contributed by atoms with Gasteiger partial charge in [0.2, 0.25) is 0 Å². The van der Waals surface area contributed by atoms with Gasteiger partial charge in [0.25, 0.3) is 0 Å². The van der Waals surface area contributed by atoms with Crippen molar-refractivity contribution in [2.75, 3.05) is 6.54 Å². The van der Waals surface area contributed by atoms with Crippen LogP contribution in [-0.4, -0.2) is 25.6 Å². The summed E-state index contributed by atoms with van der Waals surface area (Å²) < 4.78 is 4.51. The number of nitrogens with two attached hydrogens (primary N) is 1. The molecule has 0 aliphatic heterocycles. The van der Waals surface area contributed by atoms with Gasteiger partial charge in [0.15, 0.2) is 5.82 Å². The third kappa shape index (κ3) is 4.08. The Morgan fingerprint density at radius 3 is 2.78 bits per heavy atom. The van der Waals surface area contributed by atoms with E-state index in [1.54, 1.807) is 0 Å². The number of nitrogens with zero attached hydrogens (tertiary/aromatic N) is 4. The van der Waals surface area contributed by atoms with Gasteiger partial charge in [0.1, 0.15) is 5.69 Å². The minimum atomic E-state index is 0. The number of hydrogen-bond donors (Lipinski definition) is 1. The van der Waals surface area contributed by atoms with Crippen molar-refractivity contribution >= 4 is 24.8 Å². The Labute approximate surface area is 150 Å². The number of halogens is 2. The highest BCUT2D eigenvalue weighted by atomic mass is 35.5. The first-order valence-corrected chi connectivity index (χ1v) is 7.95. The van der Waals surface area contributed by atoms with Gasteiger partial charge < -0.3 is 14.9 Å². The predicted molar refractivity (Wildman–Crippen MR) is 98.4 cm³/mol. The van der Waals surface area contributed by atoms with E-state index in [1.165, 1.54) is 19.3 Å². The molecule has 0 saturated heterocycles. The van der Waals surface area contributed by atoms with Crippen LogP contribution >= 0.6 is 24.8 Å². The minimum Gasteiger partial charge on any atom is -0.330 e. The maximum Gasteiger partial charge on any atom is 0.158 e. The monoisotopic (exact) mass is 359 g/mol. The van der Waals surface area contributed by atoms with Crippen molar-refractivity contribution < 1.29 is 0 Å². The first-order valence-electron chi connectivity index (χ1n) is 7.95. The number of imidazole rings is 2. The molecule has 7 heteroatoms. The Bertz CT molecular complexity index is 593. The molecular weight excluding hydrogens is 333 g/mol. The molecule has 0 radical (unpaired) electrons. The highest BCUT2D eigenvalue weighted by molar-refractivity contribution is 5.85. The van der Waals surface area contributed by atoms with Crippen LogP contribution in [0.1, 0.15) is 51.6 Å². The van der Waals surface area contributed by atoms with Crippen LogP contribution in [0, 0.1) is 5.92 Å². The molecule has 0 bridgehead atoms. The topological polar surface area (TPSA) is 61.7 Å². The van der Waals surface area contributed by atoms with Gasteiger partial charge in [-0.1, -0.05) is 6.42 Å². The Hall–Kier alpha value is -1.04. The van der Waals surface area contributed by atoms with Crippen molar-refractivity contribution in [2.45, 2.75) is 51.6 Å². The van der Waals surface area contributed by atoms with Crippen molar-refractivity contribution in [2.24, 2.45) is 11.7 Å². The smallest absolute Gasteiger partial charge is 0.158 e. The third-order valence-electron chi connectivity index (χ3n) is 4.60. The van der Waals surface area contributed by atoms with E-state index in [1.807, 2.05) is 18.7 Å². The molecule has 2 heterocycles. The lowest BCUT2D eigenvalue weighted by molar-refractivity contribution is 0.273. The second-order valence-electron chi connectivity index (χ2n) is 6.36. The van der Waals surface area contributed by atoms with Crippen LogP contribution in [0.15, 0.2) is 24.9 Å². The lowest BCUT2D eigenvalue weighted by atomic mass is 9.85. The molecule has 0 unspecified atom stereocenters. The highest BCUT2D eigenvalue weighted by Gasteiger charge is 2.25. The Morgan fingerprint density at radius 2 is 2.09 bits per heavy atom. The van der Waals surface area contributed by atoms with Gasteiger partial charge >= 0.3 is 0 Å². The Kier molecular flexibility index (Phi) is 7.58. The van der Waals surface area contributed by atoms with Crippen LogP contribution in [0.5, 0.6) is 0 Å². The van der Waals surface area contributed by atoms with Gasteiger partial charge in [-0.2, -0.15) is 0 Å². The Morgan fingerprint density at radius 1 is 1.30 bits per heavy atom. The molecule has 23 heavy (non-hydrogen) atoms. The van der Waals surface area contributed by atoms with Crippen molar-refractivity contribution in [3.63, 3.8) is 0 Å². The van der Waals surface area contributed by atoms with Gasteiger partial charge in [-0.15, -0.1) is 24.8 Å². The Balaban J connectivity index is 0.00000132. The zero-order chi connectivity index (χ0) is 14.8. The van der Waals surface area contributed by atoms with Crippen LogP contribution in [0.3, 0.4) is 0 Å². The summed E-state index contributed by atoms with van der Waals surface area (Å²) in [6.07, 6.45) is 12.7. The number of rotatable bonds is 4. The molecule has 1 aliphatic rings. The maximum absolute atomic E-state index is 5.88. The summed E-state index contributed by atoms with van der Waals surface area (Å²) in [6, 6.07) is 0.899. The molecule has 2 aromatic heterocycles. The molecule has 130 valence electrons. The largest absolute Gasteiger partial charge is 0.330 e. The minimum absolute atomic E-state index is 0. The van der Waals surface area contributed by atoms with Crippen LogP contribution in [-0.2, 0) is 0 Å². The molecule has 2 aromatic rings. The highest BCUT2D eigenvalue weighted by Crippen LogP contribution is 2.34. The fourth-order valence-corrected chi connectivity index (χ4v) is 3.42. The van der Waals surface area contributed by atoms with Gasteiger partial charge in [-0.3, -0.25) is 0 Å². The molecular formula is C16H27Cl2N5. The fourth-order valence-electron chi connectivity index (χ4n) is 3.42. The summed E-state index contributed by atoms with van der Waals surface area (Å²) in [5.41, 5.74) is 6.98. The summed E-state index contributed by atoms with van der Waals surface area (Å²) in [4.78, 5) is 8.91. The lowest BCUT2D eigenvalue weighted by Crippen LogP contribution is -2.24. The first-order chi connectivity index (χ1) is 10.2. The molecule has 1 aliphatic carbocycles. The molecule has 0 spiro atoms. The SMILES string of the molecule is CC(C)n1cncc1-c1nccn1[C@@H]1CCC[C@H](CN)C1.Cl.Cl. The van der Waals surface area contributed by atoms with Crippen LogP contribution in [0.2, 0.25) is 0 Å².